The number of hydrogen-bond acceptors (Lipinski definition) is 4. The molecule has 3 aliphatic rings. The molecule has 5 nitrogen and oxygen atoms in total. The lowest BCUT2D eigenvalue weighted by Gasteiger charge is -2.55. The summed E-state index contributed by atoms with van der Waals surface area (Å²) in [6, 6.07) is 17.5. The van der Waals surface area contributed by atoms with E-state index in [-0.39, 0.29) is 12.5 Å². The maximum absolute atomic E-state index is 12.7. The maximum Gasteiger partial charge on any atom is 0.408 e. The Hall–Kier alpha value is -2.69. The number of nitrogens with one attached hydrogen (secondary N) is 1. The molecule has 1 aliphatic heterocycles. The number of fused-ring (bicyclic) bond motifs is 1. The zero-order chi connectivity index (χ0) is 19.0. The molecule has 2 aromatic carbocycles. The van der Waals surface area contributed by atoms with Crippen molar-refractivity contribution < 1.29 is 19.0 Å². The topological polar surface area (TPSA) is 56.8 Å². The molecule has 0 atom stereocenters. The molecule has 2 aromatic rings. The summed E-state index contributed by atoms with van der Waals surface area (Å²) in [7, 11) is 0. The number of carbonyl (C=O) groups excluding carboxylic acids is 1. The van der Waals surface area contributed by atoms with Gasteiger partial charge in [-0.1, -0.05) is 55.3 Å². The molecule has 0 aromatic heterocycles. The highest BCUT2D eigenvalue weighted by molar-refractivity contribution is 5.69. The van der Waals surface area contributed by atoms with Crippen LogP contribution in [-0.2, 0) is 11.3 Å². The highest BCUT2D eigenvalue weighted by Gasteiger charge is 2.67. The van der Waals surface area contributed by atoms with E-state index in [1.54, 1.807) is 0 Å². The first-order valence-corrected chi connectivity index (χ1v) is 10.2. The van der Waals surface area contributed by atoms with Gasteiger partial charge < -0.3 is 19.5 Å². The summed E-state index contributed by atoms with van der Waals surface area (Å²) in [6.07, 6.45) is 5.46. The summed E-state index contributed by atoms with van der Waals surface area (Å²) in [4.78, 5) is 12.7. The quantitative estimate of drug-likeness (QED) is 0.832. The number of ether oxygens (including phenoxy) is 3. The van der Waals surface area contributed by atoms with Crippen LogP contribution in [0.2, 0.25) is 0 Å². The second-order valence-corrected chi connectivity index (χ2v) is 8.07. The van der Waals surface area contributed by atoms with Crippen LogP contribution in [0, 0.1) is 5.92 Å². The molecule has 5 heteroatoms. The first kappa shape index (κ1) is 17.4. The fourth-order valence-electron chi connectivity index (χ4n) is 5.18. The Balaban J connectivity index is 1.39. The van der Waals surface area contributed by atoms with Crippen LogP contribution >= 0.6 is 0 Å². The molecule has 1 heterocycles. The van der Waals surface area contributed by atoms with Gasteiger partial charge in [0.05, 0.1) is 0 Å². The lowest BCUT2D eigenvalue weighted by Crippen LogP contribution is -2.74. The lowest BCUT2D eigenvalue weighted by molar-refractivity contribution is -0.224. The van der Waals surface area contributed by atoms with Gasteiger partial charge in [-0.2, -0.15) is 0 Å². The van der Waals surface area contributed by atoms with Crippen molar-refractivity contribution in [2.75, 3.05) is 0 Å². The van der Waals surface area contributed by atoms with Gasteiger partial charge in [-0.05, 0) is 43.4 Å². The third kappa shape index (κ3) is 2.72. The van der Waals surface area contributed by atoms with E-state index in [0.717, 1.165) is 55.6 Å². The SMILES string of the molecule is O=C(NC12CCCC(CCC1)C21Oc2ccccc2O1)OCc1ccccc1. The summed E-state index contributed by atoms with van der Waals surface area (Å²) >= 11 is 0. The first-order chi connectivity index (χ1) is 13.7. The van der Waals surface area contributed by atoms with Gasteiger partial charge in [-0.25, -0.2) is 4.79 Å². The average molecular weight is 379 g/mol. The van der Waals surface area contributed by atoms with E-state index in [0.29, 0.717) is 0 Å². The van der Waals surface area contributed by atoms with Gasteiger partial charge in [0.2, 0.25) is 0 Å². The summed E-state index contributed by atoms with van der Waals surface area (Å²) in [5, 5.41) is 3.19. The molecular formula is C23H25NO4. The lowest BCUT2D eigenvalue weighted by atomic mass is 9.62. The van der Waals surface area contributed by atoms with Gasteiger partial charge in [0.15, 0.2) is 11.5 Å². The van der Waals surface area contributed by atoms with Crippen LogP contribution in [0.3, 0.4) is 0 Å². The minimum absolute atomic E-state index is 0.251. The molecule has 1 amide bonds. The molecule has 0 unspecified atom stereocenters. The van der Waals surface area contributed by atoms with E-state index < -0.39 is 17.4 Å². The van der Waals surface area contributed by atoms with Gasteiger partial charge in [-0.15, -0.1) is 0 Å². The van der Waals surface area contributed by atoms with Crippen LogP contribution in [0.4, 0.5) is 4.79 Å². The first-order valence-electron chi connectivity index (χ1n) is 10.2. The van der Waals surface area contributed by atoms with Crippen molar-refractivity contribution >= 4 is 6.09 Å². The average Bonchev–Trinajstić information content (AvgIpc) is 3.08. The highest BCUT2D eigenvalue weighted by Crippen LogP contribution is 2.57. The minimum Gasteiger partial charge on any atom is -0.446 e. The molecule has 2 fully saturated rings. The van der Waals surface area contributed by atoms with E-state index >= 15 is 0 Å². The molecule has 146 valence electrons. The molecule has 2 bridgehead atoms. The Morgan fingerprint density at radius 1 is 0.964 bits per heavy atom. The van der Waals surface area contributed by atoms with Gasteiger partial charge in [0, 0.05) is 5.92 Å². The van der Waals surface area contributed by atoms with Gasteiger partial charge in [-0.3, -0.25) is 0 Å². The third-order valence-corrected chi connectivity index (χ3v) is 6.44. The summed E-state index contributed by atoms with van der Waals surface area (Å²) in [5.74, 6) is 0.955. The second-order valence-electron chi connectivity index (χ2n) is 8.07. The molecule has 0 saturated heterocycles. The van der Waals surface area contributed by atoms with Crippen LogP contribution < -0.4 is 14.8 Å². The molecule has 1 N–H and O–H groups in total. The van der Waals surface area contributed by atoms with Crippen LogP contribution in [-0.4, -0.2) is 17.4 Å². The molecule has 2 saturated carbocycles. The van der Waals surface area contributed by atoms with Gasteiger partial charge in [0.25, 0.3) is 5.79 Å². The molecule has 1 spiro atoms. The van der Waals surface area contributed by atoms with Crippen LogP contribution in [0.25, 0.3) is 0 Å². The highest BCUT2D eigenvalue weighted by atomic mass is 16.7. The molecular weight excluding hydrogens is 354 g/mol. The predicted octanol–water partition coefficient (Wildman–Crippen LogP) is 4.80. The van der Waals surface area contributed by atoms with Crippen molar-refractivity contribution in [3.05, 3.63) is 60.2 Å². The number of alkyl carbamates (subject to hydrolysis) is 1. The molecule has 28 heavy (non-hydrogen) atoms. The Morgan fingerprint density at radius 3 is 2.21 bits per heavy atom. The monoisotopic (exact) mass is 379 g/mol. The summed E-state index contributed by atoms with van der Waals surface area (Å²) < 4.78 is 18.5. The molecule has 0 radical (unpaired) electrons. The fraction of sp³-hybridized carbons (Fsp3) is 0.435. The van der Waals surface area contributed by atoms with E-state index in [4.69, 9.17) is 14.2 Å². The predicted molar refractivity (Wildman–Crippen MR) is 104 cm³/mol. The van der Waals surface area contributed by atoms with Gasteiger partial charge >= 0.3 is 6.09 Å². The largest absolute Gasteiger partial charge is 0.446 e. The second kappa shape index (κ2) is 6.73. The van der Waals surface area contributed by atoms with E-state index in [9.17, 15) is 4.79 Å². The zero-order valence-electron chi connectivity index (χ0n) is 15.9. The Morgan fingerprint density at radius 2 is 1.57 bits per heavy atom. The van der Waals surface area contributed by atoms with Crippen molar-refractivity contribution in [3.8, 4) is 11.5 Å². The van der Waals surface area contributed by atoms with Crippen LogP contribution in [0.1, 0.15) is 44.1 Å². The standard InChI is InChI=1S/C23H25NO4/c25-21(26-16-17-8-2-1-3-9-17)24-22-14-6-10-18(11-7-15-22)23(22)27-19-12-4-5-13-20(19)28-23/h1-5,8-9,12-13,18H,6-7,10-11,14-16H2,(H,24,25). The number of benzene rings is 2. The normalized spacial score (nSPS) is 26.6. The van der Waals surface area contributed by atoms with Crippen molar-refractivity contribution in [1.29, 1.82) is 0 Å². The smallest absolute Gasteiger partial charge is 0.408 e. The number of amides is 1. The fourth-order valence-corrected chi connectivity index (χ4v) is 5.18. The Kier molecular flexibility index (Phi) is 4.18. The number of para-hydroxylation sites is 2. The van der Waals surface area contributed by atoms with Crippen LogP contribution in [0.15, 0.2) is 54.6 Å². The molecule has 2 aliphatic carbocycles. The summed E-state index contributed by atoms with van der Waals surface area (Å²) in [5.41, 5.74) is 0.400. The third-order valence-electron chi connectivity index (χ3n) is 6.44. The van der Waals surface area contributed by atoms with E-state index in [1.165, 1.54) is 0 Å². The Labute approximate surface area is 165 Å². The van der Waals surface area contributed by atoms with Crippen LogP contribution in [0.5, 0.6) is 11.5 Å². The number of rotatable bonds is 3. The zero-order valence-corrected chi connectivity index (χ0v) is 15.9. The van der Waals surface area contributed by atoms with Crippen molar-refractivity contribution in [2.24, 2.45) is 5.92 Å². The van der Waals surface area contributed by atoms with E-state index in [1.807, 2.05) is 54.6 Å². The van der Waals surface area contributed by atoms with Crippen molar-refractivity contribution in [2.45, 2.75) is 56.5 Å². The Bertz CT molecular complexity index is 831. The maximum atomic E-state index is 12.7. The van der Waals surface area contributed by atoms with E-state index in [2.05, 4.69) is 5.32 Å². The number of carbonyl (C=O) groups is 1. The number of hydrogen-bond donors (Lipinski definition) is 1. The molecule has 5 rings (SSSR count). The minimum atomic E-state index is -0.834. The van der Waals surface area contributed by atoms with Crippen molar-refractivity contribution in [1.82, 2.24) is 5.32 Å². The van der Waals surface area contributed by atoms with Crippen molar-refractivity contribution in [3.63, 3.8) is 0 Å². The van der Waals surface area contributed by atoms with Gasteiger partial charge in [0.1, 0.15) is 12.1 Å². The summed E-state index contributed by atoms with van der Waals surface area (Å²) in [6.45, 7) is 0.251.